The van der Waals surface area contributed by atoms with Gasteiger partial charge in [-0.15, -0.1) is 0 Å². The van der Waals surface area contributed by atoms with Crippen LogP contribution in [0.5, 0.6) is 0 Å². The van der Waals surface area contributed by atoms with Crippen molar-refractivity contribution in [2.75, 3.05) is 6.54 Å². The van der Waals surface area contributed by atoms with Gasteiger partial charge in [0, 0.05) is 23.7 Å². The molecule has 1 saturated heterocycles. The van der Waals surface area contributed by atoms with E-state index in [-0.39, 0.29) is 11.5 Å². The van der Waals surface area contributed by atoms with Crippen LogP contribution in [0.3, 0.4) is 0 Å². The lowest BCUT2D eigenvalue weighted by molar-refractivity contribution is -0.151. The van der Waals surface area contributed by atoms with Gasteiger partial charge in [0.1, 0.15) is 5.60 Å². The topological polar surface area (TPSA) is 29.5 Å². The number of carbonyl (C=O) groups excluding carboxylic acids is 1. The number of carbonyl (C=O) groups is 1. The Morgan fingerprint density at radius 2 is 2.04 bits per heavy atom. The Kier molecular flexibility index (Phi) is 6.22. The predicted octanol–water partition coefficient (Wildman–Crippen LogP) is 5.64. The van der Waals surface area contributed by atoms with Gasteiger partial charge in [0.25, 0.3) is 0 Å². The Labute approximate surface area is 172 Å². The largest absolute Gasteiger partial charge is 0.457 e. The maximum atomic E-state index is 12.7. The summed E-state index contributed by atoms with van der Waals surface area (Å²) in [7, 11) is 0. The summed E-state index contributed by atoms with van der Waals surface area (Å²) in [5, 5.41) is 0. The average Bonchev–Trinajstić information content (AvgIpc) is 2.98. The molecule has 3 aliphatic rings. The van der Waals surface area contributed by atoms with Crippen LogP contribution in [0.25, 0.3) is 0 Å². The molecule has 2 fully saturated rings. The SMILES string of the molecule is C[C@@H](/C=C/I)[C@@H]1CCC[C@]12CCC[C@@H]1CC=C(C(=O)OC(C)(C)C)CN12. The Balaban J connectivity index is 1.84. The fourth-order valence-electron chi connectivity index (χ4n) is 5.61. The van der Waals surface area contributed by atoms with Gasteiger partial charge in [-0.3, -0.25) is 4.90 Å². The number of esters is 1. The zero-order chi connectivity index (χ0) is 18.9. The summed E-state index contributed by atoms with van der Waals surface area (Å²) in [6, 6.07) is 0.603. The van der Waals surface area contributed by atoms with E-state index in [0.29, 0.717) is 17.9 Å². The van der Waals surface area contributed by atoms with E-state index in [0.717, 1.165) is 18.5 Å². The van der Waals surface area contributed by atoms with Crippen molar-refractivity contribution < 1.29 is 9.53 Å². The van der Waals surface area contributed by atoms with Crippen molar-refractivity contribution in [1.82, 2.24) is 4.90 Å². The fourth-order valence-corrected chi connectivity index (χ4v) is 6.26. The summed E-state index contributed by atoms with van der Waals surface area (Å²) in [5.41, 5.74) is 0.726. The molecule has 2 aliphatic heterocycles. The zero-order valence-electron chi connectivity index (χ0n) is 16.8. The lowest BCUT2D eigenvalue weighted by atomic mass is 9.70. The first-order chi connectivity index (χ1) is 12.3. The Hall–Kier alpha value is -0.360. The number of allylic oxidation sites excluding steroid dienone is 1. The molecule has 0 N–H and O–H groups in total. The number of nitrogens with zero attached hydrogens (tertiary/aromatic N) is 1. The van der Waals surface area contributed by atoms with E-state index in [9.17, 15) is 4.79 Å². The maximum Gasteiger partial charge on any atom is 0.335 e. The van der Waals surface area contributed by atoms with E-state index < -0.39 is 5.60 Å². The Bertz CT molecular complexity index is 591. The molecule has 1 saturated carbocycles. The number of fused-ring (bicyclic) bond motifs is 2. The van der Waals surface area contributed by atoms with E-state index in [1.165, 1.54) is 38.5 Å². The van der Waals surface area contributed by atoms with Gasteiger partial charge in [-0.2, -0.15) is 0 Å². The van der Waals surface area contributed by atoms with Crippen LogP contribution in [-0.2, 0) is 9.53 Å². The highest BCUT2D eigenvalue weighted by atomic mass is 127. The second kappa shape index (κ2) is 7.94. The molecule has 3 nitrogen and oxygen atoms in total. The zero-order valence-corrected chi connectivity index (χ0v) is 18.9. The van der Waals surface area contributed by atoms with Crippen molar-refractivity contribution in [3.63, 3.8) is 0 Å². The standard InChI is InChI=1S/C22H34INO2/c1-16(11-14-23)19-8-6-13-22(19)12-5-7-18-10-9-17(15-24(18)22)20(25)26-21(2,3)4/h9,11,14,16,18-19H,5-8,10,12-13,15H2,1-4H3/b14-11+/t16-,18+,19-,22+/m0/s1. The van der Waals surface area contributed by atoms with Gasteiger partial charge in [-0.1, -0.05) is 54.5 Å². The Morgan fingerprint density at radius 1 is 1.35 bits per heavy atom. The molecule has 1 aliphatic carbocycles. The summed E-state index contributed by atoms with van der Waals surface area (Å²) in [6.07, 6.45) is 13.3. The number of halogens is 1. The number of hydrogen-bond donors (Lipinski definition) is 0. The third-order valence-electron chi connectivity index (χ3n) is 6.62. The van der Waals surface area contributed by atoms with Crippen molar-refractivity contribution in [2.24, 2.45) is 11.8 Å². The van der Waals surface area contributed by atoms with E-state index in [2.05, 4.69) is 50.6 Å². The molecule has 0 aromatic heterocycles. The minimum Gasteiger partial charge on any atom is -0.457 e. The summed E-state index contributed by atoms with van der Waals surface area (Å²) in [6.45, 7) is 9.00. The molecule has 4 heteroatoms. The first-order valence-corrected chi connectivity index (χ1v) is 11.5. The van der Waals surface area contributed by atoms with Crippen molar-refractivity contribution in [3.8, 4) is 0 Å². The van der Waals surface area contributed by atoms with Crippen LogP contribution in [0, 0.1) is 11.8 Å². The van der Waals surface area contributed by atoms with Crippen LogP contribution in [0.15, 0.2) is 21.8 Å². The maximum absolute atomic E-state index is 12.7. The van der Waals surface area contributed by atoms with E-state index in [1.54, 1.807) is 0 Å². The van der Waals surface area contributed by atoms with Crippen LogP contribution in [0.4, 0.5) is 0 Å². The molecule has 0 radical (unpaired) electrons. The average molecular weight is 471 g/mol. The second-order valence-corrected chi connectivity index (χ2v) is 10.1. The lowest BCUT2D eigenvalue weighted by Gasteiger charge is -2.55. The second-order valence-electron chi connectivity index (χ2n) is 9.42. The van der Waals surface area contributed by atoms with Crippen LogP contribution in [-0.4, -0.2) is 34.6 Å². The van der Waals surface area contributed by atoms with Crippen molar-refractivity contribution in [1.29, 1.82) is 0 Å². The quantitative estimate of drug-likeness (QED) is 0.394. The predicted molar refractivity (Wildman–Crippen MR) is 115 cm³/mol. The van der Waals surface area contributed by atoms with Gasteiger partial charge in [0.15, 0.2) is 0 Å². The number of piperidine rings is 1. The van der Waals surface area contributed by atoms with Gasteiger partial charge in [0.2, 0.25) is 0 Å². The van der Waals surface area contributed by atoms with Gasteiger partial charge < -0.3 is 4.74 Å². The molecule has 0 aromatic carbocycles. The lowest BCUT2D eigenvalue weighted by Crippen LogP contribution is -2.61. The van der Waals surface area contributed by atoms with E-state index >= 15 is 0 Å². The van der Waals surface area contributed by atoms with Crippen molar-refractivity contribution >= 4 is 28.6 Å². The van der Waals surface area contributed by atoms with E-state index in [1.807, 2.05) is 20.8 Å². The molecule has 4 atom stereocenters. The minimum atomic E-state index is -0.427. The number of hydrogen-bond acceptors (Lipinski definition) is 3. The van der Waals surface area contributed by atoms with Gasteiger partial charge in [0.05, 0.1) is 0 Å². The molecule has 0 unspecified atom stereocenters. The number of rotatable bonds is 3. The van der Waals surface area contributed by atoms with Crippen LogP contribution < -0.4 is 0 Å². The molecular weight excluding hydrogens is 437 g/mol. The van der Waals surface area contributed by atoms with Crippen molar-refractivity contribution in [2.45, 2.75) is 89.8 Å². The third kappa shape index (κ3) is 4.06. The fraction of sp³-hybridized carbons (Fsp3) is 0.773. The summed E-state index contributed by atoms with van der Waals surface area (Å²) < 4.78 is 7.85. The normalized spacial score (nSPS) is 34.0. The first kappa shape index (κ1) is 20.4. The van der Waals surface area contributed by atoms with Crippen LogP contribution >= 0.6 is 22.6 Å². The van der Waals surface area contributed by atoms with E-state index in [4.69, 9.17) is 4.74 Å². The molecule has 3 rings (SSSR count). The smallest absolute Gasteiger partial charge is 0.335 e. The van der Waals surface area contributed by atoms with Crippen molar-refractivity contribution in [3.05, 3.63) is 21.8 Å². The molecule has 0 aromatic rings. The Morgan fingerprint density at radius 3 is 2.69 bits per heavy atom. The van der Waals surface area contributed by atoms with Crippen LogP contribution in [0.1, 0.15) is 72.6 Å². The monoisotopic (exact) mass is 471 g/mol. The van der Waals surface area contributed by atoms with Gasteiger partial charge in [-0.05, 0) is 68.8 Å². The molecule has 0 bridgehead atoms. The molecule has 26 heavy (non-hydrogen) atoms. The molecule has 1 spiro atoms. The number of ether oxygens (including phenoxy) is 1. The molecule has 2 heterocycles. The molecule has 146 valence electrons. The highest BCUT2D eigenvalue weighted by Gasteiger charge is 2.52. The third-order valence-corrected chi connectivity index (χ3v) is 7.04. The highest BCUT2D eigenvalue weighted by Crippen LogP contribution is 2.52. The first-order valence-electron chi connectivity index (χ1n) is 10.2. The highest BCUT2D eigenvalue weighted by molar-refractivity contribution is 14.1. The minimum absolute atomic E-state index is 0.119. The van der Waals surface area contributed by atoms with Gasteiger partial charge >= 0.3 is 5.97 Å². The summed E-state index contributed by atoms with van der Waals surface area (Å²) in [5.74, 6) is 1.18. The summed E-state index contributed by atoms with van der Waals surface area (Å²) >= 11 is 2.35. The molecule has 0 amide bonds. The molecular formula is C22H34INO2. The van der Waals surface area contributed by atoms with Gasteiger partial charge in [-0.25, -0.2) is 4.79 Å². The van der Waals surface area contributed by atoms with Crippen LogP contribution in [0.2, 0.25) is 0 Å². The summed E-state index contributed by atoms with van der Waals surface area (Å²) in [4.78, 5) is 15.4.